The Balaban J connectivity index is 1.21. The van der Waals surface area contributed by atoms with Crippen LogP contribution >= 0.6 is 12.2 Å². The van der Waals surface area contributed by atoms with E-state index < -0.39 is 0 Å². The van der Waals surface area contributed by atoms with Gasteiger partial charge in [-0.1, -0.05) is 30.4 Å². The van der Waals surface area contributed by atoms with Crippen LogP contribution in [-0.2, 0) is 13.0 Å². The maximum atomic E-state index is 5.96. The Morgan fingerprint density at radius 1 is 1.00 bits per heavy atom. The number of ether oxygens (including phenoxy) is 1. The third-order valence-corrected chi connectivity index (χ3v) is 7.84. The van der Waals surface area contributed by atoms with Crippen molar-refractivity contribution < 1.29 is 4.74 Å². The lowest BCUT2D eigenvalue weighted by molar-refractivity contribution is 0.340. The third kappa shape index (κ3) is 5.32. The van der Waals surface area contributed by atoms with E-state index in [1.54, 1.807) is 0 Å². The van der Waals surface area contributed by atoms with Crippen LogP contribution in [0.15, 0.2) is 66.9 Å². The molecule has 2 aromatic heterocycles. The fourth-order valence-electron chi connectivity index (χ4n) is 5.12. The molecule has 0 unspecified atom stereocenters. The number of aromatic nitrogens is 3. The van der Waals surface area contributed by atoms with Crippen LogP contribution in [0, 0.1) is 5.92 Å². The van der Waals surface area contributed by atoms with Gasteiger partial charge in [-0.25, -0.2) is 9.97 Å². The normalized spacial score (nSPS) is 15.8. The highest BCUT2D eigenvalue weighted by Crippen LogP contribution is 2.33. The molecular formula is C30H33N5OS. The Hall–Kier alpha value is -3.45. The predicted octanol–water partition coefficient (Wildman–Crippen LogP) is 5.33. The number of pyridine rings is 1. The van der Waals surface area contributed by atoms with E-state index in [1.807, 2.05) is 25.3 Å². The van der Waals surface area contributed by atoms with Crippen molar-refractivity contribution in [1.82, 2.24) is 19.4 Å². The lowest BCUT2D eigenvalue weighted by atomic mass is 10.1. The van der Waals surface area contributed by atoms with Gasteiger partial charge in [0.15, 0.2) is 0 Å². The average Bonchev–Trinajstić information content (AvgIpc) is 3.71. The van der Waals surface area contributed by atoms with E-state index in [-0.39, 0.29) is 0 Å². The highest BCUT2D eigenvalue weighted by molar-refractivity contribution is 7.80. The van der Waals surface area contributed by atoms with Crippen LogP contribution in [0.3, 0.4) is 0 Å². The monoisotopic (exact) mass is 511 g/mol. The number of hydrogen-bond acceptors (Lipinski definition) is 5. The van der Waals surface area contributed by atoms with E-state index in [4.69, 9.17) is 21.9 Å². The van der Waals surface area contributed by atoms with E-state index in [9.17, 15) is 0 Å². The minimum atomic E-state index is 0.681. The Bertz CT molecular complexity index is 1370. The van der Waals surface area contributed by atoms with Gasteiger partial charge in [-0.05, 0) is 73.7 Å². The second-order valence-electron chi connectivity index (χ2n) is 10.0. The molecule has 3 heterocycles. The number of fused-ring (bicyclic) bond motifs is 1. The van der Waals surface area contributed by atoms with Crippen molar-refractivity contribution in [2.75, 3.05) is 37.7 Å². The molecule has 1 aliphatic heterocycles. The molecule has 0 atom stereocenters. The van der Waals surface area contributed by atoms with Crippen molar-refractivity contribution >= 4 is 34.1 Å². The van der Waals surface area contributed by atoms with Gasteiger partial charge in [0, 0.05) is 50.9 Å². The van der Waals surface area contributed by atoms with Crippen molar-refractivity contribution in [1.29, 1.82) is 0 Å². The van der Waals surface area contributed by atoms with Gasteiger partial charge in [-0.15, -0.1) is 0 Å². The van der Waals surface area contributed by atoms with Crippen LogP contribution in [0.5, 0.6) is 5.75 Å². The molecule has 0 radical (unpaired) electrons. The van der Waals surface area contributed by atoms with Crippen molar-refractivity contribution in [2.24, 2.45) is 5.92 Å². The summed E-state index contributed by atoms with van der Waals surface area (Å²) >= 11 is 5.96. The second-order valence-corrected chi connectivity index (χ2v) is 10.4. The summed E-state index contributed by atoms with van der Waals surface area (Å²) < 4.78 is 8.05. The molecule has 37 heavy (non-hydrogen) atoms. The van der Waals surface area contributed by atoms with E-state index in [0.29, 0.717) is 6.61 Å². The number of hydrogen-bond donors (Lipinski definition) is 0. The molecule has 1 saturated carbocycles. The Morgan fingerprint density at radius 2 is 1.81 bits per heavy atom. The second kappa shape index (κ2) is 10.5. The molecule has 1 saturated heterocycles. The van der Waals surface area contributed by atoms with Crippen LogP contribution in [-0.4, -0.2) is 57.2 Å². The van der Waals surface area contributed by atoms with Crippen molar-refractivity contribution in [3.63, 3.8) is 0 Å². The molecule has 0 N–H and O–H groups in total. The van der Waals surface area contributed by atoms with Gasteiger partial charge in [0.25, 0.3) is 0 Å². The minimum absolute atomic E-state index is 0.681. The zero-order chi connectivity index (χ0) is 25.2. The van der Waals surface area contributed by atoms with Gasteiger partial charge in [0.05, 0.1) is 17.6 Å². The fourth-order valence-corrected chi connectivity index (χ4v) is 5.43. The predicted molar refractivity (Wildman–Crippen MR) is 153 cm³/mol. The first-order valence-corrected chi connectivity index (χ1v) is 13.7. The summed E-state index contributed by atoms with van der Waals surface area (Å²) in [6.45, 7) is 7.36. The van der Waals surface area contributed by atoms with E-state index in [2.05, 4.69) is 67.9 Å². The number of rotatable bonds is 8. The lowest BCUT2D eigenvalue weighted by Gasteiger charge is -2.36. The average molecular weight is 512 g/mol. The number of thiocarbonyl (C=S) groups is 1. The highest BCUT2D eigenvalue weighted by Gasteiger charge is 2.25. The molecule has 6 rings (SSSR count). The van der Waals surface area contributed by atoms with E-state index in [1.165, 1.54) is 23.9 Å². The number of piperazine rings is 1. The summed E-state index contributed by atoms with van der Waals surface area (Å²) in [6, 6.07) is 21.1. The molecule has 0 amide bonds. The summed E-state index contributed by atoms with van der Waals surface area (Å²) in [5, 5.41) is 0. The van der Waals surface area contributed by atoms with Crippen molar-refractivity contribution in [3.05, 3.63) is 83.8 Å². The molecule has 2 aromatic carbocycles. The standard InChI is InChI=1S/C30H33N5OS/c1-2-36-25-11-8-22(9-12-25)19-29-32-26-20-24(10-13-27(26)35(29)21-23-6-7-23)30(37)34-17-15-33(16-18-34)28-5-3-4-14-31-28/h3-5,8-14,20,23H,2,6-7,15-19,21H2,1H3. The topological polar surface area (TPSA) is 46.4 Å². The quantitative estimate of drug-likeness (QED) is 0.298. The van der Waals surface area contributed by atoms with Crippen LogP contribution in [0.2, 0.25) is 0 Å². The number of imidazole rings is 1. The van der Waals surface area contributed by atoms with Crippen LogP contribution in [0.4, 0.5) is 5.82 Å². The largest absolute Gasteiger partial charge is 0.494 e. The maximum absolute atomic E-state index is 5.96. The van der Waals surface area contributed by atoms with E-state index in [0.717, 1.165) is 78.5 Å². The molecule has 7 heteroatoms. The number of benzene rings is 2. The number of nitrogens with zero attached hydrogens (tertiary/aromatic N) is 5. The molecule has 0 spiro atoms. The molecular weight excluding hydrogens is 478 g/mol. The molecule has 2 fully saturated rings. The summed E-state index contributed by atoms with van der Waals surface area (Å²) in [4.78, 5) is 15.2. The van der Waals surface area contributed by atoms with E-state index >= 15 is 0 Å². The first-order valence-electron chi connectivity index (χ1n) is 13.3. The van der Waals surface area contributed by atoms with Crippen LogP contribution < -0.4 is 9.64 Å². The van der Waals surface area contributed by atoms with Crippen molar-refractivity contribution in [2.45, 2.75) is 32.7 Å². The molecule has 2 aliphatic rings. The zero-order valence-corrected chi connectivity index (χ0v) is 22.2. The Labute approximate surface area is 223 Å². The Kier molecular flexibility index (Phi) is 6.79. The van der Waals surface area contributed by atoms with Gasteiger partial charge >= 0.3 is 0 Å². The molecule has 0 bridgehead atoms. The smallest absolute Gasteiger partial charge is 0.128 e. The van der Waals surface area contributed by atoms with Gasteiger partial charge < -0.3 is 19.1 Å². The van der Waals surface area contributed by atoms with Crippen LogP contribution in [0.25, 0.3) is 11.0 Å². The summed E-state index contributed by atoms with van der Waals surface area (Å²) in [6.07, 6.45) is 5.29. The first kappa shape index (κ1) is 23.9. The maximum Gasteiger partial charge on any atom is 0.128 e. The highest BCUT2D eigenvalue weighted by atomic mass is 32.1. The van der Waals surface area contributed by atoms with Gasteiger partial charge in [0.1, 0.15) is 22.4 Å². The lowest BCUT2D eigenvalue weighted by Crippen LogP contribution is -2.48. The Morgan fingerprint density at radius 3 is 2.51 bits per heavy atom. The summed E-state index contributed by atoms with van der Waals surface area (Å²) in [7, 11) is 0. The van der Waals surface area contributed by atoms with Gasteiger partial charge in [-0.3, -0.25) is 0 Å². The van der Waals surface area contributed by atoms with Gasteiger partial charge in [0.2, 0.25) is 0 Å². The molecule has 190 valence electrons. The molecule has 1 aliphatic carbocycles. The van der Waals surface area contributed by atoms with Crippen LogP contribution in [0.1, 0.15) is 36.7 Å². The molecule has 4 aromatic rings. The summed E-state index contributed by atoms with van der Waals surface area (Å²) in [5.41, 5.74) is 4.57. The zero-order valence-electron chi connectivity index (χ0n) is 21.3. The fraction of sp³-hybridized carbons (Fsp3) is 0.367. The summed E-state index contributed by atoms with van der Waals surface area (Å²) in [5.74, 6) is 3.85. The number of anilines is 1. The van der Waals surface area contributed by atoms with Crippen molar-refractivity contribution in [3.8, 4) is 5.75 Å². The SMILES string of the molecule is CCOc1ccc(Cc2nc3cc(C(=S)N4CCN(c5ccccn5)CC4)ccc3n2CC2CC2)cc1. The first-order chi connectivity index (χ1) is 18.2. The molecule has 6 nitrogen and oxygen atoms in total. The van der Waals surface area contributed by atoms with Gasteiger partial charge in [-0.2, -0.15) is 0 Å². The minimum Gasteiger partial charge on any atom is -0.494 e. The third-order valence-electron chi connectivity index (χ3n) is 7.35.